The first-order chi connectivity index (χ1) is 8.04. The molecule has 0 saturated carbocycles. The zero-order chi connectivity index (χ0) is 12.6. The lowest BCUT2D eigenvalue weighted by atomic mass is 10.0. The molecule has 0 saturated heterocycles. The minimum Gasteiger partial charge on any atom is -0.508 e. The molecule has 0 amide bonds. The summed E-state index contributed by atoms with van der Waals surface area (Å²) in [5.41, 5.74) is 2.84. The molecule has 0 radical (unpaired) electrons. The van der Waals surface area contributed by atoms with Crippen LogP contribution in [0.4, 0.5) is 4.39 Å². The summed E-state index contributed by atoms with van der Waals surface area (Å²) >= 11 is 0. The van der Waals surface area contributed by atoms with Crippen molar-refractivity contribution in [2.24, 2.45) is 0 Å². The summed E-state index contributed by atoms with van der Waals surface area (Å²) in [6.45, 7) is 6.40. The number of aromatic hydroxyl groups is 1. The third kappa shape index (κ3) is 1.90. The van der Waals surface area contributed by atoms with Crippen molar-refractivity contribution in [1.29, 1.82) is 0 Å². The van der Waals surface area contributed by atoms with Gasteiger partial charge in [0, 0.05) is 29.4 Å². The highest BCUT2D eigenvalue weighted by molar-refractivity contribution is 5.67. The van der Waals surface area contributed by atoms with Crippen LogP contribution in [0.3, 0.4) is 0 Å². The van der Waals surface area contributed by atoms with Crippen molar-refractivity contribution in [3.8, 4) is 16.9 Å². The molecule has 0 aliphatic heterocycles. The maximum Gasteiger partial charge on any atom is 0.134 e. The Balaban J connectivity index is 2.60. The fraction of sp³-hybridized carbons (Fsp3) is 0.308. The SMILES string of the molecule is CCn1ncc(-c2cc(C)c(O)cc2F)c1C. The van der Waals surface area contributed by atoms with Crippen molar-refractivity contribution in [2.75, 3.05) is 0 Å². The van der Waals surface area contributed by atoms with E-state index in [-0.39, 0.29) is 5.75 Å². The maximum absolute atomic E-state index is 13.8. The smallest absolute Gasteiger partial charge is 0.134 e. The fourth-order valence-electron chi connectivity index (χ4n) is 1.91. The van der Waals surface area contributed by atoms with E-state index in [0.717, 1.165) is 23.9 Å². The largest absolute Gasteiger partial charge is 0.508 e. The average Bonchev–Trinajstić information content (AvgIpc) is 2.65. The van der Waals surface area contributed by atoms with Crippen LogP contribution in [-0.4, -0.2) is 14.9 Å². The number of phenols is 1. The Morgan fingerprint density at radius 3 is 2.59 bits per heavy atom. The van der Waals surface area contributed by atoms with Gasteiger partial charge in [0.05, 0.1) is 6.20 Å². The first-order valence-corrected chi connectivity index (χ1v) is 5.56. The second-order valence-corrected chi connectivity index (χ2v) is 4.08. The van der Waals surface area contributed by atoms with Gasteiger partial charge in [0.2, 0.25) is 0 Å². The quantitative estimate of drug-likeness (QED) is 0.867. The van der Waals surface area contributed by atoms with E-state index in [9.17, 15) is 9.50 Å². The number of phenolic OH excluding ortho intramolecular Hbond substituents is 1. The number of hydrogen-bond acceptors (Lipinski definition) is 2. The standard InChI is InChI=1S/C13H15FN2O/c1-4-16-9(3)11(7-15-16)10-5-8(2)13(17)6-12(10)14/h5-7,17H,4H2,1-3H3. The number of aromatic nitrogens is 2. The Labute approximate surface area is 99.5 Å². The summed E-state index contributed by atoms with van der Waals surface area (Å²) in [5.74, 6) is -0.446. The van der Waals surface area contributed by atoms with Gasteiger partial charge >= 0.3 is 0 Å². The van der Waals surface area contributed by atoms with E-state index in [2.05, 4.69) is 5.10 Å². The molecule has 0 atom stereocenters. The number of halogens is 1. The van der Waals surface area contributed by atoms with E-state index in [4.69, 9.17) is 0 Å². The van der Waals surface area contributed by atoms with Crippen molar-refractivity contribution in [2.45, 2.75) is 27.3 Å². The highest BCUT2D eigenvalue weighted by Crippen LogP contribution is 2.30. The Morgan fingerprint density at radius 2 is 2.00 bits per heavy atom. The van der Waals surface area contributed by atoms with Gasteiger partial charge in [-0.1, -0.05) is 0 Å². The summed E-state index contributed by atoms with van der Waals surface area (Å²) in [6, 6.07) is 2.79. The molecule has 1 N–H and O–H groups in total. The first-order valence-electron chi connectivity index (χ1n) is 5.56. The van der Waals surface area contributed by atoms with E-state index in [1.165, 1.54) is 0 Å². The van der Waals surface area contributed by atoms with Gasteiger partial charge in [0.25, 0.3) is 0 Å². The predicted octanol–water partition coefficient (Wildman–Crippen LogP) is 3.03. The van der Waals surface area contributed by atoms with E-state index in [0.29, 0.717) is 11.1 Å². The van der Waals surface area contributed by atoms with Crippen LogP contribution in [0.2, 0.25) is 0 Å². The summed E-state index contributed by atoms with van der Waals surface area (Å²) in [4.78, 5) is 0. The summed E-state index contributed by atoms with van der Waals surface area (Å²) in [5, 5.41) is 13.6. The van der Waals surface area contributed by atoms with Crippen molar-refractivity contribution in [1.82, 2.24) is 9.78 Å². The lowest BCUT2D eigenvalue weighted by Crippen LogP contribution is -1.98. The minimum atomic E-state index is -0.424. The number of benzene rings is 1. The lowest BCUT2D eigenvalue weighted by molar-refractivity contribution is 0.465. The monoisotopic (exact) mass is 234 g/mol. The molecule has 17 heavy (non-hydrogen) atoms. The topological polar surface area (TPSA) is 38.0 Å². The number of nitrogens with zero attached hydrogens (tertiary/aromatic N) is 2. The van der Waals surface area contributed by atoms with E-state index in [1.54, 1.807) is 19.2 Å². The van der Waals surface area contributed by atoms with E-state index >= 15 is 0 Å². The van der Waals surface area contributed by atoms with Crippen LogP contribution < -0.4 is 0 Å². The van der Waals surface area contributed by atoms with Crippen molar-refractivity contribution < 1.29 is 9.50 Å². The molecular weight excluding hydrogens is 219 g/mol. The molecule has 2 rings (SSSR count). The molecule has 3 nitrogen and oxygen atoms in total. The number of aryl methyl sites for hydroxylation is 2. The number of rotatable bonds is 2. The van der Waals surface area contributed by atoms with Gasteiger partial charge < -0.3 is 5.11 Å². The van der Waals surface area contributed by atoms with Gasteiger partial charge in [-0.05, 0) is 32.4 Å². The molecule has 0 aliphatic carbocycles. The van der Waals surface area contributed by atoms with Gasteiger partial charge in [0.1, 0.15) is 11.6 Å². The lowest BCUT2D eigenvalue weighted by Gasteiger charge is -2.06. The van der Waals surface area contributed by atoms with Crippen molar-refractivity contribution in [3.05, 3.63) is 35.4 Å². The molecule has 0 aliphatic rings. The number of hydrogen-bond donors (Lipinski definition) is 1. The molecule has 1 heterocycles. The van der Waals surface area contributed by atoms with Gasteiger partial charge in [-0.25, -0.2) is 4.39 Å². The Hall–Kier alpha value is -1.84. The third-order valence-corrected chi connectivity index (χ3v) is 2.98. The molecule has 4 heteroatoms. The van der Waals surface area contributed by atoms with Crippen LogP contribution in [0, 0.1) is 19.7 Å². The molecule has 90 valence electrons. The van der Waals surface area contributed by atoms with E-state index in [1.807, 2.05) is 18.5 Å². The second-order valence-electron chi connectivity index (χ2n) is 4.08. The summed E-state index contributed by atoms with van der Waals surface area (Å²) in [7, 11) is 0. The Morgan fingerprint density at radius 1 is 1.29 bits per heavy atom. The Kier molecular flexibility index (Phi) is 2.88. The van der Waals surface area contributed by atoms with Crippen molar-refractivity contribution in [3.63, 3.8) is 0 Å². The van der Waals surface area contributed by atoms with Crippen LogP contribution in [0.15, 0.2) is 18.3 Å². The third-order valence-electron chi connectivity index (χ3n) is 2.98. The van der Waals surface area contributed by atoms with Gasteiger partial charge in [0.15, 0.2) is 0 Å². The molecule has 0 unspecified atom stereocenters. The maximum atomic E-state index is 13.8. The Bertz CT molecular complexity index is 561. The average molecular weight is 234 g/mol. The fourth-order valence-corrected chi connectivity index (χ4v) is 1.91. The summed E-state index contributed by atoms with van der Waals surface area (Å²) < 4.78 is 15.6. The van der Waals surface area contributed by atoms with Gasteiger partial charge in [-0.15, -0.1) is 0 Å². The normalized spacial score (nSPS) is 10.8. The van der Waals surface area contributed by atoms with Gasteiger partial charge in [-0.3, -0.25) is 4.68 Å². The zero-order valence-electron chi connectivity index (χ0n) is 10.2. The molecule has 0 fully saturated rings. The van der Waals surface area contributed by atoms with Crippen LogP contribution in [0.25, 0.3) is 11.1 Å². The molecule has 0 spiro atoms. The molecule has 2 aromatic rings. The predicted molar refractivity (Wildman–Crippen MR) is 64.4 cm³/mol. The van der Waals surface area contributed by atoms with Gasteiger partial charge in [-0.2, -0.15) is 5.10 Å². The van der Waals surface area contributed by atoms with Crippen LogP contribution in [-0.2, 0) is 6.54 Å². The van der Waals surface area contributed by atoms with Crippen LogP contribution in [0.1, 0.15) is 18.2 Å². The van der Waals surface area contributed by atoms with Crippen LogP contribution >= 0.6 is 0 Å². The molecule has 1 aromatic heterocycles. The molecule has 0 bridgehead atoms. The zero-order valence-corrected chi connectivity index (χ0v) is 10.2. The highest BCUT2D eigenvalue weighted by atomic mass is 19.1. The highest BCUT2D eigenvalue weighted by Gasteiger charge is 2.13. The second kappa shape index (κ2) is 4.20. The van der Waals surface area contributed by atoms with E-state index < -0.39 is 5.82 Å². The van der Waals surface area contributed by atoms with Crippen LogP contribution in [0.5, 0.6) is 5.75 Å². The summed E-state index contributed by atoms with van der Waals surface area (Å²) in [6.07, 6.45) is 1.66. The molecule has 1 aromatic carbocycles. The minimum absolute atomic E-state index is 0.0215. The molecular formula is C13H15FN2O. The van der Waals surface area contributed by atoms with Crippen molar-refractivity contribution >= 4 is 0 Å². The first kappa shape index (κ1) is 11.6.